The van der Waals surface area contributed by atoms with Gasteiger partial charge in [0.25, 0.3) is 0 Å². The van der Waals surface area contributed by atoms with E-state index in [1.165, 1.54) is 27.2 Å². The highest BCUT2D eigenvalue weighted by Gasteiger charge is 2.36. The summed E-state index contributed by atoms with van der Waals surface area (Å²) in [7, 11) is 1.54. The van der Waals surface area contributed by atoms with Gasteiger partial charge in [-0.2, -0.15) is 0 Å². The van der Waals surface area contributed by atoms with E-state index < -0.39 is 6.04 Å². The molecule has 0 aromatic heterocycles. The number of nitrogens with zero attached hydrogens (tertiary/aromatic N) is 1. The van der Waals surface area contributed by atoms with Crippen molar-refractivity contribution in [1.29, 1.82) is 0 Å². The van der Waals surface area contributed by atoms with E-state index >= 15 is 0 Å². The molecule has 4 heteroatoms. The van der Waals surface area contributed by atoms with Crippen LogP contribution in [0.25, 0.3) is 0 Å². The number of benzene rings is 1. The number of rotatable bonds is 3. The van der Waals surface area contributed by atoms with Crippen molar-refractivity contribution in [3.05, 3.63) is 34.4 Å². The third-order valence-corrected chi connectivity index (χ3v) is 4.00. The molecule has 0 saturated carbocycles. The molecular formula is C16H22N2O2. The van der Waals surface area contributed by atoms with E-state index in [4.69, 9.17) is 0 Å². The predicted octanol–water partition coefficient (Wildman–Crippen LogP) is 2.02. The maximum absolute atomic E-state index is 11.9. The minimum absolute atomic E-state index is 0.0452. The zero-order chi connectivity index (χ0) is 15.0. The Morgan fingerprint density at radius 2 is 1.75 bits per heavy atom. The summed E-state index contributed by atoms with van der Waals surface area (Å²) < 4.78 is 0. The molecule has 1 N–H and O–H groups in total. The SMILES string of the molecule is Cc1cc(C)c(C(C)NC2CC(=O)N(C)C2=O)c(C)c1. The van der Waals surface area contributed by atoms with Crippen molar-refractivity contribution in [2.75, 3.05) is 7.05 Å². The topological polar surface area (TPSA) is 49.4 Å². The van der Waals surface area contributed by atoms with E-state index in [1.807, 2.05) is 6.92 Å². The molecule has 0 spiro atoms. The van der Waals surface area contributed by atoms with Gasteiger partial charge in [-0.3, -0.25) is 19.8 Å². The fourth-order valence-electron chi connectivity index (χ4n) is 3.15. The van der Waals surface area contributed by atoms with Crippen LogP contribution in [0.1, 0.15) is 41.6 Å². The Balaban J connectivity index is 2.19. The van der Waals surface area contributed by atoms with Crippen LogP contribution in [0.3, 0.4) is 0 Å². The van der Waals surface area contributed by atoms with Crippen LogP contribution in [0.2, 0.25) is 0 Å². The lowest BCUT2D eigenvalue weighted by Crippen LogP contribution is -2.38. The average molecular weight is 274 g/mol. The molecule has 1 aliphatic heterocycles. The number of amides is 2. The van der Waals surface area contributed by atoms with Crippen molar-refractivity contribution >= 4 is 11.8 Å². The molecule has 1 saturated heterocycles. The monoisotopic (exact) mass is 274 g/mol. The van der Waals surface area contributed by atoms with Crippen molar-refractivity contribution in [1.82, 2.24) is 10.2 Å². The maximum Gasteiger partial charge on any atom is 0.246 e. The lowest BCUT2D eigenvalue weighted by molar-refractivity contribution is -0.137. The van der Waals surface area contributed by atoms with Gasteiger partial charge in [0.15, 0.2) is 0 Å². The first-order valence-corrected chi connectivity index (χ1v) is 6.95. The number of likely N-dealkylation sites (tertiary alicyclic amines) is 1. The summed E-state index contributed by atoms with van der Waals surface area (Å²) in [6.45, 7) is 8.29. The summed E-state index contributed by atoms with van der Waals surface area (Å²) in [4.78, 5) is 24.7. The number of aryl methyl sites for hydroxylation is 3. The molecule has 4 nitrogen and oxygen atoms in total. The van der Waals surface area contributed by atoms with E-state index in [2.05, 4.69) is 38.2 Å². The van der Waals surface area contributed by atoms with Gasteiger partial charge in [0.1, 0.15) is 0 Å². The first-order valence-electron chi connectivity index (χ1n) is 6.95. The van der Waals surface area contributed by atoms with Crippen molar-refractivity contribution in [3.63, 3.8) is 0 Å². The van der Waals surface area contributed by atoms with Crippen LogP contribution in [0, 0.1) is 20.8 Å². The summed E-state index contributed by atoms with van der Waals surface area (Å²) in [5.74, 6) is -0.249. The summed E-state index contributed by atoms with van der Waals surface area (Å²) in [5.41, 5.74) is 4.88. The van der Waals surface area contributed by atoms with Gasteiger partial charge in [-0.1, -0.05) is 17.7 Å². The van der Waals surface area contributed by atoms with Crippen molar-refractivity contribution < 1.29 is 9.59 Å². The van der Waals surface area contributed by atoms with Gasteiger partial charge in [0, 0.05) is 13.1 Å². The second kappa shape index (κ2) is 5.37. The zero-order valence-corrected chi connectivity index (χ0v) is 12.8. The van der Waals surface area contributed by atoms with E-state index in [-0.39, 0.29) is 24.3 Å². The molecule has 108 valence electrons. The van der Waals surface area contributed by atoms with Gasteiger partial charge in [0.05, 0.1) is 12.5 Å². The molecule has 1 heterocycles. The number of likely N-dealkylation sites (N-methyl/N-ethyl adjacent to an activating group) is 1. The highest BCUT2D eigenvalue weighted by atomic mass is 16.2. The second-order valence-corrected chi connectivity index (χ2v) is 5.75. The minimum Gasteiger partial charge on any atom is -0.299 e. The van der Waals surface area contributed by atoms with E-state index in [9.17, 15) is 9.59 Å². The van der Waals surface area contributed by atoms with E-state index in [0.717, 1.165) is 0 Å². The van der Waals surface area contributed by atoms with Crippen LogP contribution < -0.4 is 5.32 Å². The standard InChI is InChI=1S/C16H22N2O2/c1-9-6-10(2)15(11(3)7-9)12(4)17-13-8-14(19)18(5)16(13)20/h6-7,12-13,17H,8H2,1-5H3. The molecule has 2 unspecified atom stereocenters. The normalized spacial score (nSPS) is 20.6. The van der Waals surface area contributed by atoms with Crippen LogP contribution in [-0.2, 0) is 9.59 Å². The van der Waals surface area contributed by atoms with Gasteiger partial charge in [0.2, 0.25) is 11.8 Å². The highest BCUT2D eigenvalue weighted by molar-refractivity contribution is 6.05. The van der Waals surface area contributed by atoms with Crippen molar-refractivity contribution in [3.8, 4) is 0 Å². The van der Waals surface area contributed by atoms with E-state index in [1.54, 1.807) is 7.05 Å². The van der Waals surface area contributed by atoms with E-state index in [0.29, 0.717) is 0 Å². The Hall–Kier alpha value is -1.68. The van der Waals surface area contributed by atoms with Crippen LogP contribution in [-0.4, -0.2) is 29.8 Å². The van der Waals surface area contributed by atoms with Crippen LogP contribution in [0.5, 0.6) is 0 Å². The number of hydrogen-bond acceptors (Lipinski definition) is 3. The third kappa shape index (κ3) is 2.61. The smallest absolute Gasteiger partial charge is 0.246 e. The molecular weight excluding hydrogens is 252 g/mol. The number of nitrogens with one attached hydrogen (secondary N) is 1. The molecule has 1 aliphatic rings. The summed E-state index contributed by atoms with van der Waals surface area (Å²) in [6, 6.07) is 3.94. The first-order chi connectivity index (χ1) is 9.31. The fourth-order valence-corrected chi connectivity index (χ4v) is 3.15. The summed E-state index contributed by atoms with van der Waals surface area (Å²) >= 11 is 0. The largest absolute Gasteiger partial charge is 0.299 e. The van der Waals surface area contributed by atoms with Crippen LogP contribution in [0.4, 0.5) is 0 Å². The number of carbonyl (C=O) groups excluding carboxylic acids is 2. The van der Waals surface area contributed by atoms with Gasteiger partial charge in [-0.05, 0) is 44.4 Å². The average Bonchev–Trinajstić information content (AvgIpc) is 2.55. The lowest BCUT2D eigenvalue weighted by Gasteiger charge is -2.22. The van der Waals surface area contributed by atoms with Crippen LogP contribution >= 0.6 is 0 Å². The molecule has 20 heavy (non-hydrogen) atoms. The molecule has 1 aromatic carbocycles. The maximum atomic E-state index is 11.9. The number of carbonyl (C=O) groups is 2. The Morgan fingerprint density at radius 3 is 2.20 bits per heavy atom. The quantitative estimate of drug-likeness (QED) is 0.858. The molecule has 2 rings (SSSR count). The van der Waals surface area contributed by atoms with Gasteiger partial charge in [-0.15, -0.1) is 0 Å². The predicted molar refractivity (Wildman–Crippen MR) is 78.4 cm³/mol. The Bertz CT molecular complexity index is 543. The van der Waals surface area contributed by atoms with Crippen LogP contribution in [0.15, 0.2) is 12.1 Å². The summed E-state index contributed by atoms with van der Waals surface area (Å²) in [5, 5.41) is 3.29. The molecule has 0 radical (unpaired) electrons. The molecule has 0 bridgehead atoms. The lowest BCUT2D eigenvalue weighted by atomic mass is 9.94. The highest BCUT2D eigenvalue weighted by Crippen LogP contribution is 2.25. The molecule has 1 aromatic rings. The van der Waals surface area contributed by atoms with Crippen molar-refractivity contribution in [2.45, 2.75) is 46.2 Å². The number of imide groups is 1. The molecule has 2 atom stereocenters. The van der Waals surface area contributed by atoms with Gasteiger partial charge < -0.3 is 0 Å². The molecule has 1 fully saturated rings. The first kappa shape index (κ1) is 14.7. The van der Waals surface area contributed by atoms with Gasteiger partial charge >= 0.3 is 0 Å². The minimum atomic E-state index is -0.400. The third-order valence-electron chi connectivity index (χ3n) is 4.00. The van der Waals surface area contributed by atoms with Gasteiger partial charge in [-0.25, -0.2) is 0 Å². The summed E-state index contributed by atoms with van der Waals surface area (Å²) in [6.07, 6.45) is 0.254. The number of hydrogen-bond donors (Lipinski definition) is 1. The Morgan fingerprint density at radius 1 is 1.20 bits per heavy atom. The second-order valence-electron chi connectivity index (χ2n) is 5.75. The Kier molecular flexibility index (Phi) is 3.95. The molecule has 2 amide bonds. The zero-order valence-electron chi connectivity index (χ0n) is 12.8. The molecule has 0 aliphatic carbocycles. The fraction of sp³-hybridized carbons (Fsp3) is 0.500. The Labute approximate surface area is 120 Å². The van der Waals surface area contributed by atoms with Crippen molar-refractivity contribution in [2.24, 2.45) is 0 Å².